The smallest absolute Gasteiger partial charge is 0.262 e. The normalized spacial score (nSPS) is 10.9. The Balaban J connectivity index is 1.92. The largest absolute Gasteiger partial charge is 0.487 e. The summed E-state index contributed by atoms with van der Waals surface area (Å²) in [6, 6.07) is 15.1. The van der Waals surface area contributed by atoms with Crippen molar-refractivity contribution in [3.8, 4) is 11.5 Å². The predicted octanol–water partition coefficient (Wildman–Crippen LogP) is 4.96. The molecule has 0 saturated carbocycles. The lowest BCUT2D eigenvalue weighted by Crippen LogP contribution is -2.20. The number of ether oxygens (including phenoxy) is 2. The van der Waals surface area contributed by atoms with Crippen LogP contribution in [-0.4, -0.2) is 19.1 Å². The summed E-state index contributed by atoms with van der Waals surface area (Å²) >= 11 is 0. The molecule has 0 atom stereocenters. The Morgan fingerprint density at radius 3 is 2.27 bits per heavy atom. The van der Waals surface area contributed by atoms with Crippen LogP contribution in [0.5, 0.6) is 11.5 Å². The van der Waals surface area contributed by atoms with E-state index in [0.29, 0.717) is 23.8 Å². The molecule has 4 nitrogen and oxygen atoms in total. The number of amides is 1. The summed E-state index contributed by atoms with van der Waals surface area (Å²) in [4.78, 5) is 12.2. The molecule has 0 spiro atoms. The third kappa shape index (κ3) is 5.96. The third-order valence-electron chi connectivity index (χ3n) is 3.73. The molecule has 0 heterocycles. The summed E-state index contributed by atoms with van der Waals surface area (Å²) in [6.45, 7) is 12.5. The lowest BCUT2D eigenvalue weighted by Gasteiger charge is -2.19. The lowest BCUT2D eigenvalue weighted by molar-refractivity contribution is -0.118. The molecular formula is C22H27NO3. The van der Waals surface area contributed by atoms with E-state index in [1.54, 1.807) is 6.07 Å². The number of anilines is 1. The van der Waals surface area contributed by atoms with Gasteiger partial charge in [-0.1, -0.05) is 51.6 Å². The van der Waals surface area contributed by atoms with E-state index in [1.165, 1.54) is 5.56 Å². The maximum absolute atomic E-state index is 12.2. The molecule has 0 aliphatic carbocycles. The second-order valence-electron chi connectivity index (χ2n) is 7.35. The highest BCUT2D eigenvalue weighted by Gasteiger charge is 2.13. The van der Waals surface area contributed by atoms with Gasteiger partial charge in [0.1, 0.15) is 18.1 Å². The summed E-state index contributed by atoms with van der Waals surface area (Å²) < 4.78 is 11.2. The van der Waals surface area contributed by atoms with Crippen LogP contribution in [0.15, 0.2) is 60.7 Å². The van der Waals surface area contributed by atoms with Gasteiger partial charge in [0.15, 0.2) is 6.61 Å². The van der Waals surface area contributed by atoms with E-state index in [4.69, 9.17) is 9.47 Å². The summed E-state index contributed by atoms with van der Waals surface area (Å²) in [6.07, 6.45) is 0. The first-order valence-corrected chi connectivity index (χ1v) is 8.65. The van der Waals surface area contributed by atoms with Crippen LogP contribution in [0.25, 0.3) is 0 Å². The zero-order chi connectivity index (χ0) is 19.2. The van der Waals surface area contributed by atoms with Crippen LogP contribution < -0.4 is 14.8 Å². The van der Waals surface area contributed by atoms with Crippen molar-refractivity contribution in [1.82, 2.24) is 0 Å². The van der Waals surface area contributed by atoms with E-state index in [9.17, 15) is 4.79 Å². The molecule has 2 aromatic carbocycles. The third-order valence-corrected chi connectivity index (χ3v) is 3.73. The molecule has 0 unspecified atom stereocenters. The highest BCUT2D eigenvalue weighted by Crippen LogP contribution is 2.25. The maximum atomic E-state index is 12.2. The van der Waals surface area contributed by atoms with Gasteiger partial charge in [-0.15, -0.1) is 0 Å². The Kier molecular flexibility index (Phi) is 6.45. The first kappa shape index (κ1) is 19.6. The second-order valence-corrected chi connectivity index (χ2v) is 7.35. The van der Waals surface area contributed by atoms with E-state index in [1.807, 2.05) is 49.4 Å². The van der Waals surface area contributed by atoms with E-state index >= 15 is 0 Å². The van der Waals surface area contributed by atoms with Crippen LogP contribution in [0, 0.1) is 0 Å². The van der Waals surface area contributed by atoms with Crippen molar-refractivity contribution in [1.29, 1.82) is 0 Å². The Morgan fingerprint density at radius 2 is 1.65 bits per heavy atom. The van der Waals surface area contributed by atoms with Gasteiger partial charge in [0, 0.05) is 0 Å². The van der Waals surface area contributed by atoms with Gasteiger partial charge in [0.25, 0.3) is 5.91 Å². The molecule has 2 aromatic rings. The minimum atomic E-state index is -0.240. The van der Waals surface area contributed by atoms with Gasteiger partial charge >= 0.3 is 0 Å². The van der Waals surface area contributed by atoms with Crippen molar-refractivity contribution >= 4 is 11.6 Å². The molecule has 2 rings (SSSR count). The van der Waals surface area contributed by atoms with Crippen LogP contribution in [0.1, 0.15) is 33.3 Å². The molecule has 0 radical (unpaired) electrons. The van der Waals surface area contributed by atoms with Gasteiger partial charge in [-0.3, -0.25) is 4.79 Å². The fraction of sp³-hybridized carbons (Fsp3) is 0.318. The fourth-order valence-electron chi connectivity index (χ4n) is 2.28. The summed E-state index contributed by atoms with van der Waals surface area (Å²) in [5, 5.41) is 2.82. The molecule has 1 amide bonds. The van der Waals surface area contributed by atoms with Crippen molar-refractivity contribution in [3.63, 3.8) is 0 Å². The van der Waals surface area contributed by atoms with Crippen LogP contribution in [0.2, 0.25) is 0 Å². The zero-order valence-electron chi connectivity index (χ0n) is 16.0. The van der Waals surface area contributed by atoms with Gasteiger partial charge in [0.05, 0.1) is 5.69 Å². The summed E-state index contributed by atoms with van der Waals surface area (Å²) in [5.41, 5.74) is 2.83. The number of hydrogen-bond acceptors (Lipinski definition) is 3. The highest BCUT2D eigenvalue weighted by molar-refractivity contribution is 5.93. The SMILES string of the molecule is C=C(C)COc1ccccc1NC(=O)COc1ccc(C(C)(C)C)cc1. The van der Waals surface area contributed by atoms with Gasteiger partial charge in [-0.2, -0.15) is 0 Å². The predicted molar refractivity (Wildman–Crippen MR) is 106 cm³/mol. The number of para-hydroxylation sites is 2. The van der Waals surface area contributed by atoms with Gasteiger partial charge in [-0.25, -0.2) is 0 Å². The van der Waals surface area contributed by atoms with Gasteiger partial charge < -0.3 is 14.8 Å². The van der Waals surface area contributed by atoms with Gasteiger partial charge in [0.2, 0.25) is 0 Å². The molecule has 0 aromatic heterocycles. The zero-order valence-corrected chi connectivity index (χ0v) is 16.0. The number of hydrogen-bond donors (Lipinski definition) is 1. The first-order chi connectivity index (χ1) is 12.3. The lowest BCUT2D eigenvalue weighted by atomic mass is 9.87. The highest BCUT2D eigenvalue weighted by atomic mass is 16.5. The average Bonchev–Trinajstić information content (AvgIpc) is 2.59. The van der Waals surface area contributed by atoms with Crippen molar-refractivity contribution in [3.05, 3.63) is 66.2 Å². The number of carbonyl (C=O) groups is 1. The molecule has 26 heavy (non-hydrogen) atoms. The summed E-state index contributed by atoms with van der Waals surface area (Å²) in [5.74, 6) is 1.04. The molecule has 0 aliphatic heterocycles. The standard InChI is InChI=1S/C22H27NO3/c1-16(2)14-26-20-9-7-6-8-19(20)23-21(24)15-25-18-12-10-17(11-13-18)22(3,4)5/h6-13H,1,14-15H2,2-5H3,(H,23,24). The number of rotatable bonds is 7. The Bertz CT molecular complexity index is 758. The Hall–Kier alpha value is -2.75. The van der Waals surface area contributed by atoms with E-state index in [0.717, 1.165) is 5.57 Å². The molecule has 4 heteroatoms. The topological polar surface area (TPSA) is 47.6 Å². The second kappa shape index (κ2) is 8.56. The number of carbonyl (C=O) groups excluding carboxylic acids is 1. The Morgan fingerprint density at radius 1 is 1.00 bits per heavy atom. The van der Waals surface area contributed by atoms with Crippen molar-refractivity contribution in [2.75, 3.05) is 18.5 Å². The van der Waals surface area contributed by atoms with E-state index in [2.05, 4.69) is 32.7 Å². The Labute approximate surface area is 155 Å². The quantitative estimate of drug-likeness (QED) is 0.716. The molecule has 0 bridgehead atoms. The van der Waals surface area contributed by atoms with Crippen LogP contribution >= 0.6 is 0 Å². The monoisotopic (exact) mass is 353 g/mol. The number of benzene rings is 2. The van der Waals surface area contributed by atoms with Crippen LogP contribution in [0.3, 0.4) is 0 Å². The van der Waals surface area contributed by atoms with E-state index in [-0.39, 0.29) is 17.9 Å². The minimum absolute atomic E-state index is 0.0658. The van der Waals surface area contributed by atoms with Crippen molar-refractivity contribution in [2.45, 2.75) is 33.1 Å². The molecule has 1 N–H and O–H groups in total. The van der Waals surface area contributed by atoms with Gasteiger partial charge in [-0.05, 0) is 47.7 Å². The molecule has 138 valence electrons. The maximum Gasteiger partial charge on any atom is 0.262 e. The van der Waals surface area contributed by atoms with E-state index < -0.39 is 0 Å². The van der Waals surface area contributed by atoms with Crippen molar-refractivity contribution in [2.24, 2.45) is 0 Å². The number of nitrogens with one attached hydrogen (secondary N) is 1. The fourth-order valence-corrected chi connectivity index (χ4v) is 2.28. The molecule has 0 aliphatic rings. The van der Waals surface area contributed by atoms with Crippen LogP contribution in [0.4, 0.5) is 5.69 Å². The van der Waals surface area contributed by atoms with Crippen molar-refractivity contribution < 1.29 is 14.3 Å². The summed E-state index contributed by atoms with van der Waals surface area (Å²) in [7, 11) is 0. The molecule has 0 saturated heterocycles. The first-order valence-electron chi connectivity index (χ1n) is 8.65. The average molecular weight is 353 g/mol. The molecule has 0 fully saturated rings. The molecular weight excluding hydrogens is 326 g/mol. The minimum Gasteiger partial charge on any atom is -0.487 e. The van der Waals surface area contributed by atoms with Crippen LogP contribution in [-0.2, 0) is 10.2 Å².